The van der Waals surface area contributed by atoms with Crippen molar-refractivity contribution < 1.29 is 84.8 Å². The Labute approximate surface area is 508 Å². The Morgan fingerprint density at radius 3 is 2.36 bits per heavy atom. The molecule has 30 nitrogen and oxygen atoms in total. The van der Waals surface area contributed by atoms with Gasteiger partial charge in [0.15, 0.2) is 6.23 Å². The van der Waals surface area contributed by atoms with Crippen molar-refractivity contribution in [2.75, 3.05) is 77.7 Å². The van der Waals surface area contributed by atoms with E-state index in [1.807, 2.05) is 33.8 Å². The van der Waals surface area contributed by atoms with E-state index in [1.165, 1.54) is 18.2 Å². The molecule has 7 rings (SSSR count). The van der Waals surface area contributed by atoms with Crippen molar-refractivity contribution >= 4 is 63.9 Å². The van der Waals surface area contributed by atoms with Gasteiger partial charge >= 0.3 is 34.9 Å². The number of nitrogens with zero attached hydrogens (tertiary/aromatic N) is 5. The molecule has 0 spiro atoms. The molecule has 1 aromatic heterocycles. The molecule has 4 unspecified atom stereocenters. The van der Waals surface area contributed by atoms with Gasteiger partial charge in [0, 0.05) is 60.8 Å². The number of azide groups is 1. The minimum Gasteiger partial charge on any atom is -0.491 e. The number of carboxylic acids is 1. The Morgan fingerprint density at radius 2 is 1.66 bits per heavy atom. The van der Waals surface area contributed by atoms with Crippen LogP contribution in [0.3, 0.4) is 0 Å². The van der Waals surface area contributed by atoms with Gasteiger partial charge in [0.2, 0.25) is 5.91 Å². The first kappa shape index (κ1) is 68.4. The summed E-state index contributed by atoms with van der Waals surface area (Å²) in [5.74, 6) is 2.61. The highest BCUT2D eigenvalue weighted by molar-refractivity contribution is 7.68. The number of ether oxygens (including phenoxy) is 4. The zero-order valence-corrected chi connectivity index (χ0v) is 51.4. The number of phosphoric acid groups is 2. The molecule has 6 atom stereocenters. The van der Waals surface area contributed by atoms with E-state index < -0.39 is 90.0 Å². The molecule has 89 heavy (non-hydrogen) atoms. The average Bonchev–Trinajstić information content (AvgIpc) is 1.13. The van der Waals surface area contributed by atoms with Gasteiger partial charge in [-0.15, -0.1) is 0 Å². The van der Waals surface area contributed by atoms with Crippen molar-refractivity contribution in [3.63, 3.8) is 0 Å². The number of hydrogen-bond acceptors (Lipinski definition) is 19. The summed E-state index contributed by atoms with van der Waals surface area (Å²) in [6, 6.07) is 14.8. The van der Waals surface area contributed by atoms with Gasteiger partial charge in [-0.2, -0.15) is 4.31 Å². The van der Waals surface area contributed by atoms with Crippen LogP contribution in [0, 0.1) is 18.8 Å². The average molecular weight is 1290 g/mol. The van der Waals surface area contributed by atoms with Crippen LogP contribution in [0.25, 0.3) is 16.0 Å². The van der Waals surface area contributed by atoms with Crippen LogP contribution in [-0.2, 0) is 52.3 Å². The van der Waals surface area contributed by atoms with Crippen molar-refractivity contribution in [3.8, 4) is 17.6 Å². The number of aromatic amines is 1. The summed E-state index contributed by atoms with van der Waals surface area (Å²) in [6.45, 7) is 7.92. The number of allylic oxidation sites excluding steroid dienone is 5. The molecule has 1 saturated heterocycles. The predicted octanol–water partition coefficient (Wildman–Crippen LogP) is 5.80. The Kier molecular flexibility index (Phi) is 23.7. The lowest BCUT2D eigenvalue weighted by molar-refractivity contribution is -0.126. The van der Waals surface area contributed by atoms with Crippen LogP contribution in [0.4, 0.5) is 5.69 Å². The minimum absolute atomic E-state index is 0.0246. The van der Waals surface area contributed by atoms with Gasteiger partial charge in [0.25, 0.3) is 17.4 Å². The second-order valence-corrected chi connectivity index (χ2v) is 25.0. The number of aryl methyl sites for hydroxylation is 1. The number of phosphoric ester groups is 1. The maximum absolute atomic E-state index is 13.7. The lowest BCUT2D eigenvalue weighted by Gasteiger charge is -2.30. The zero-order valence-electron chi connectivity index (χ0n) is 48.8. The highest BCUT2D eigenvalue weighted by Gasteiger charge is 2.41. The van der Waals surface area contributed by atoms with E-state index in [2.05, 4.69) is 84.5 Å². The van der Waals surface area contributed by atoms with E-state index in [0.717, 1.165) is 55.6 Å². The summed E-state index contributed by atoms with van der Waals surface area (Å²) in [4.78, 5) is 115. The molecule has 9 N–H and O–H groups in total. The summed E-state index contributed by atoms with van der Waals surface area (Å²) in [5, 5.41) is 25.5. The monoisotopic (exact) mass is 1290 g/mol. The third-order valence-electron chi connectivity index (χ3n) is 13.2. The fourth-order valence-corrected chi connectivity index (χ4v) is 12.9. The van der Waals surface area contributed by atoms with E-state index in [-0.39, 0.29) is 80.3 Å². The van der Waals surface area contributed by atoms with Gasteiger partial charge < -0.3 is 60.0 Å². The maximum atomic E-state index is 13.7. The number of aliphatic imine (C=N–C) groups is 1. The van der Waals surface area contributed by atoms with Gasteiger partial charge in [-0.25, -0.2) is 23.0 Å². The molecule has 3 aromatic carbocycles. The van der Waals surface area contributed by atoms with Crippen molar-refractivity contribution in [2.24, 2.45) is 10.1 Å². The van der Waals surface area contributed by atoms with Crippen LogP contribution in [0.1, 0.15) is 98.7 Å². The Balaban J connectivity index is 0.840. The fraction of sp³-hybridized carbons (Fsp3) is 0.375. The fourth-order valence-electron chi connectivity index (χ4n) is 9.40. The maximum Gasteiger partial charge on any atom is 0.488 e. The number of H-pyrrole nitrogens is 1. The number of hydrogen-bond donors (Lipinski definition) is 9. The number of carbonyl (C=O) groups is 4. The van der Waals surface area contributed by atoms with Gasteiger partial charge in [0.05, 0.1) is 43.7 Å². The van der Waals surface area contributed by atoms with Crippen LogP contribution < -0.4 is 37.3 Å². The van der Waals surface area contributed by atoms with Crippen LogP contribution in [-0.4, -0.2) is 143 Å². The van der Waals surface area contributed by atoms with Gasteiger partial charge in [0.1, 0.15) is 30.8 Å². The topological polar surface area (TPSA) is 429 Å². The van der Waals surface area contributed by atoms with Crippen molar-refractivity contribution in [1.29, 1.82) is 0 Å². The Morgan fingerprint density at radius 1 is 0.921 bits per heavy atom. The molecule has 0 bridgehead atoms. The van der Waals surface area contributed by atoms with Crippen molar-refractivity contribution in [3.05, 3.63) is 165 Å². The largest absolute Gasteiger partial charge is 0.491 e. The van der Waals surface area contributed by atoms with Crippen LogP contribution >= 0.6 is 23.2 Å². The summed E-state index contributed by atoms with van der Waals surface area (Å²) in [7, 11) is -15.4. The highest BCUT2D eigenvalue weighted by Crippen LogP contribution is 2.66. The standard InChI is InChI=1S/C56H65N10O20P3/c1-6-58-46-27-38-24-39-28-47(59-7-2)34(4)23-44(39)51(43(38)22-33(46)3)45-26-36(13-15-42(45)55(71)72)53(69)62-19-18-61-52(68)35-10-8-12-40(25-35)82-32-49(64-65-57)81-21-20-80-31-48(67)60-17-9-11-37-29-66(56(73)63-54(37)70)50-16-14-41(84-50)30-83-88(76,77)86-89(78,79)85-87(5,74)75/h8,10,12-13,15,22-23,25-29,41,49-50,58H,6-7,14,16-21,24,30-32H2,1-5H3,(H,60,67)(H,61,68)(H,62,69)(H,71,72)(H,74,75)(H,76,77)(H,78,79)(H,63,70,73)/b59-47-/t41-,49?,50+/m0/s1. The van der Waals surface area contributed by atoms with Gasteiger partial charge in [-0.05, 0) is 158 Å². The Hall–Kier alpha value is -8.09. The molecule has 474 valence electrons. The summed E-state index contributed by atoms with van der Waals surface area (Å²) in [6.07, 6.45) is 2.92. The second kappa shape index (κ2) is 30.9. The molecule has 0 saturated carbocycles. The summed E-state index contributed by atoms with van der Waals surface area (Å²) >= 11 is 0. The predicted molar refractivity (Wildman–Crippen MR) is 322 cm³/mol. The van der Waals surface area contributed by atoms with Gasteiger partial charge in [-0.1, -0.05) is 23.0 Å². The highest BCUT2D eigenvalue weighted by atomic mass is 31.3. The molecule has 4 aromatic rings. The molecular formula is C56H65N10O20P3. The number of nitrogens with one attached hydrogen (secondary N) is 5. The first-order chi connectivity index (χ1) is 42.3. The number of carboxylic acid groups (broad SMARTS) is 1. The van der Waals surface area contributed by atoms with Gasteiger partial charge in [-0.3, -0.25) is 42.8 Å². The molecular weight excluding hydrogens is 1230 g/mol. The first-order valence-corrected chi connectivity index (χ1v) is 32.5. The van der Waals surface area contributed by atoms with E-state index in [9.17, 15) is 57.4 Å². The number of amides is 3. The summed E-state index contributed by atoms with van der Waals surface area (Å²) < 4.78 is 71.1. The number of carbonyl (C=O) groups excluding carboxylic acids is 3. The lowest BCUT2D eigenvalue weighted by Crippen LogP contribution is -2.34. The number of benzene rings is 3. The van der Waals surface area contributed by atoms with E-state index in [0.29, 0.717) is 37.3 Å². The molecule has 1 aliphatic heterocycles. The number of aromatic nitrogens is 2. The molecule has 33 heteroatoms. The quantitative estimate of drug-likeness (QED) is 0.00774. The van der Waals surface area contributed by atoms with Crippen LogP contribution in [0.2, 0.25) is 0 Å². The van der Waals surface area contributed by atoms with E-state index in [4.69, 9.17) is 29.4 Å². The second-order valence-electron chi connectivity index (χ2n) is 20.0. The smallest absolute Gasteiger partial charge is 0.488 e. The SMILES string of the molecule is CC/N=C1/C=C2Cc3cc(NCC)c(C)cc3C(c3cc(C(=O)NCCNC(=O)c4cccc(OCC(N=[N+]=[N-])OCCOCC(=O)NCC#Cc5cn([C@H]6CC[C@@H](COP(=O)(O)OP(=O)(O)OP(C)(=O)O)O6)c(=O)[nH]c5=O)c4)ccc3C(=O)O)=C2C=C1C. The van der Waals surface area contributed by atoms with E-state index >= 15 is 0 Å². The molecule has 3 aliphatic rings. The molecule has 3 amide bonds. The zero-order chi connectivity index (χ0) is 64.6. The normalized spacial score (nSPS) is 18.0. The number of anilines is 1. The number of fused-ring (bicyclic) bond motifs is 2. The van der Waals surface area contributed by atoms with Crippen LogP contribution in [0.5, 0.6) is 5.75 Å². The lowest BCUT2D eigenvalue weighted by atomic mass is 9.74. The van der Waals surface area contributed by atoms with Crippen molar-refractivity contribution in [1.82, 2.24) is 25.5 Å². The summed E-state index contributed by atoms with van der Waals surface area (Å²) in [5.41, 5.74) is 16.2. The van der Waals surface area contributed by atoms with Crippen LogP contribution in [0.15, 0.2) is 109 Å². The molecule has 0 radical (unpaired) electrons. The Bertz CT molecular complexity index is 3910. The third kappa shape index (κ3) is 19.5. The number of rotatable bonds is 29. The minimum atomic E-state index is -5.49. The molecule has 2 aliphatic carbocycles. The third-order valence-corrected chi connectivity index (χ3v) is 17.4. The molecule has 2 heterocycles. The molecule has 1 fully saturated rings. The first-order valence-electron chi connectivity index (χ1n) is 27.5. The van der Waals surface area contributed by atoms with Crippen molar-refractivity contribution in [2.45, 2.75) is 65.5 Å². The number of aromatic carboxylic acids is 1. The van der Waals surface area contributed by atoms with E-state index in [1.54, 1.807) is 24.3 Å².